The number of nitrogens with one attached hydrogen (secondary N) is 3. The Morgan fingerprint density at radius 1 is 1.33 bits per heavy atom. The van der Waals surface area contributed by atoms with Gasteiger partial charge in [-0.2, -0.15) is 0 Å². The molecule has 3 N–H and O–H groups in total. The molecule has 1 heterocycles. The van der Waals surface area contributed by atoms with Crippen LogP contribution < -0.4 is 16.0 Å². The third-order valence-electron chi connectivity index (χ3n) is 3.51. The summed E-state index contributed by atoms with van der Waals surface area (Å²) in [6.45, 7) is 3.45. The van der Waals surface area contributed by atoms with Gasteiger partial charge in [-0.3, -0.25) is 9.59 Å². The third kappa shape index (κ3) is 5.02. The van der Waals surface area contributed by atoms with Gasteiger partial charge in [-0.05, 0) is 50.0 Å². The van der Waals surface area contributed by atoms with Crippen LogP contribution in [-0.4, -0.2) is 24.9 Å². The number of anilines is 2. The maximum absolute atomic E-state index is 12.0. The minimum Gasteiger partial charge on any atom is -0.325 e. The van der Waals surface area contributed by atoms with E-state index in [-0.39, 0.29) is 11.8 Å². The summed E-state index contributed by atoms with van der Waals surface area (Å²) in [5.74, 6) is 0.325. The smallest absolute Gasteiger partial charge is 0.224 e. The fourth-order valence-corrected chi connectivity index (χ4v) is 2.60. The molecule has 1 unspecified atom stereocenters. The van der Waals surface area contributed by atoms with Crippen LogP contribution >= 0.6 is 11.6 Å². The van der Waals surface area contributed by atoms with Gasteiger partial charge in [-0.15, -0.1) is 0 Å². The van der Waals surface area contributed by atoms with Crippen LogP contribution in [-0.2, 0) is 9.59 Å². The van der Waals surface area contributed by atoms with E-state index in [1.807, 2.05) is 0 Å². The van der Waals surface area contributed by atoms with E-state index < -0.39 is 0 Å². The maximum atomic E-state index is 12.0. The second kappa shape index (κ2) is 7.43. The molecule has 0 spiro atoms. The number of hydrogen-bond acceptors (Lipinski definition) is 3. The first-order chi connectivity index (χ1) is 10.0. The highest BCUT2D eigenvalue weighted by Crippen LogP contribution is 2.26. The van der Waals surface area contributed by atoms with Crippen molar-refractivity contribution in [2.45, 2.75) is 26.2 Å². The Balaban J connectivity index is 1.95. The lowest BCUT2D eigenvalue weighted by Gasteiger charge is -2.13. The standard InChI is InChI=1S/C15H20ClN3O2/c1-10(20)18-13-4-3-12(16)8-14(13)19-15(21)5-2-11-6-7-17-9-11/h3-4,8,11,17H,2,5-7,9H2,1H3,(H,18,20)(H,19,21). The lowest BCUT2D eigenvalue weighted by Crippen LogP contribution is -2.16. The van der Waals surface area contributed by atoms with Crippen molar-refractivity contribution in [2.24, 2.45) is 5.92 Å². The van der Waals surface area contributed by atoms with Crippen molar-refractivity contribution in [3.8, 4) is 0 Å². The van der Waals surface area contributed by atoms with Crippen LogP contribution in [0.15, 0.2) is 18.2 Å². The van der Waals surface area contributed by atoms with Crippen molar-refractivity contribution in [1.82, 2.24) is 5.32 Å². The van der Waals surface area contributed by atoms with Crippen LogP contribution in [0.3, 0.4) is 0 Å². The summed E-state index contributed by atoms with van der Waals surface area (Å²) in [5.41, 5.74) is 1.09. The molecule has 1 atom stereocenters. The SMILES string of the molecule is CC(=O)Nc1ccc(Cl)cc1NC(=O)CCC1CCNC1. The molecule has 0 aromatic heterocycles. The minimum absolute atomic E-state index is 0.0595. The molecule has 1 aromatic rings. The molecule has 6 heteroatoms. The monoisotopic (exact) mass is 309 g/mol. The zero-order valence-corrected chi connectivity index (χ0v) is 12.8. The summed E-state index contributed by atoms with van der Waals surface area (Å²) < 4.78 is 0. The molecule has 1 saturated heterocycles. The summed E-state index contributed by atoms with van der Waals surface area (Å²) in [6, 6.07) is 4.99. The van der Waals surface area contributed by atoms with Gasteiger partial charge in [-0.25, -0.2) is 0 Å². The molecular formula is C15H20ClN3O2. The van der Waals surface area contributed by atoms with Crippen molar-refractivity contribution in [3.63, 3.8) is 0 Å². The van der Waals surface area contributed by atoms with E-state index >= 15 is 0 Å². The highest BCUT2D eigenvalue weighted by atomic mass is 35.5. The topological polar surface area (TPSA) is 70.2 Å². The van der Waals surface area contributed by atoms with Gasteiger partial charge in [0.05, 0.1) is 11.4 Å². The summed E-state index contributed by atoms with van der Waals surface area (Å²) in [7, 11) is 0. The van der Waals surface area contributed by atoms with Crippen LogP contribution in [0.5, 0.6) is 0 Å². The number of amides is 2. The predicted molar refractivity (Wildman–Crippen MR) is 84.6 cm³/mol. The van der Waals surface area contributed by atoms with E-state index in [4.69, 9.17) is 11.6 Å². The Morgan fingerprint density at radius 3 is 2.81 bits per heavy atom. The molecule has 0 aliphatic carbocycles. The predicted octanol–water partition coefficient (Wildman–Crippen LogP) is 2.63. The van der Waals surface area contributed by atoms with Crippen LogP contribution in [0.25, 0.3) is 0 Å². The van der Waals surface area contributed by atoms with E-state index in [1.165, 1.54) is 6.92 Å². The fourth-order valence-electron chi connectivity index (χ4n) is 2.43. The van der Waals surface area contributed by atoms with Crippen molar-refractivity contribution in [3.05, 3.63) is 23.2 Å². The lowest BCUT2D eigenvalue weighted by atomic mass is 10.0. The van der Waals surface area contributed by atoms with Crippen LogP contribution in [0.1, 0.15) is 26.2 Å². The molecule has 2 rings (SSSR count). The summed E-state index contributed by atoms with van der Waals surface area (Å²) in [4.78, 5) is 23.2. The molecule has 2 amide bonds. The molecule has 5 nitrogen and oxygen atoms in total. The first kappa shape index (κ1) is 15.8. The van der Waals surface area contributed by atoms with E-state index in [1.54, 1.807) is 18.2 Å². The molecular weight excluding hydrogens is 290 g/mol. The van der Waals surface area contributed by atoms with Crippen molar-refractivity contribution in [1.29, 1.82) is 0 Å². The largest absolute Gasteiger partial charge is 0.325 e. The first-order valence-electron chi connectivity index (χ1n) is 7.12. The summed E-state index contributed by atoms with van der Waals surface area (Å²) in [6.07, 6.45) is 2.47. The van der Waals surface area contributed by atoms with Gasteiger partial charge in [0.1, 0.15) is 0 Å². The van der Waals surface area contributed by atoms with Crippen molar-refractivity contribution in [2.75, 3.05) is 23.7 Å². The number of carbonyl (C=O) groups is 2. The van der Waals surface area contributed by atoms with Crippen LogP contribution in [0.4, 0.5) is 11.4 Å². The van der Waals surface area contributed by atoms with E-state index in [0.717, 1.165) is 25.9 Å². The Bertz CT molecular complexity index is 528. The van der Waals surface area contributed by atoms with E-state index in [0.29, 0.717) is 28.7 Å². The molecule has 0 radical (unpaired) electrons. The van der Waals surface area contributed by atoms with E-state index in [2.05, 4.69) is 16.0 Å². The van der Waals surface area contributed by atoms with Gasteiger partial charge < -0.3 is 16.0 Å². The fraction of sp³-hybridized carbons (Fsp3) is 0.467. The van der Waals surface area contributed by atoms with Gasteiger partial charge >= 0.3 is 0 Å². The molecule has 1 aliphatic rings. The van der Waals surface area contributed by atoms with Gasteiger partial charge in [0.2, 0.25) is 11.8 Å². The van der Waals surface area contributed by atoms with Crippen LogP contribution in [0.2, 0.25) is 5.02 Å². The second-order valence-electron chi connectivity index (χ2n) is 5.32. The van der Waals surface area contributed by atoms with Gasteiger partial charge in [0, 0.05) is 18.4 Å². The average molecular weight is 310 g/mol. The Labute approximate surface area is 129 Å². The molecule has 1 fully saturated rings. The number of hydrogen-bond donors (Lipinski definition) is 3. The van der Waals surface area contributed by atoms with Crippen LogP contribution in [0, 0.1) is 5.92 Å². The second-order valence-corrected chi connectivity index (χ2v) is 5.75. The Hall–Kier alpha value is -1.59. The van der Waals surface area contributed by atoms with Gasteiger partial charge in [0.15, 0.2) is 0 Å². The highest BCUT2D eigenvalue weighted by Gasteiger charge is 2.16. The number of carbonyl (C=O) groups excluding carboxylic acids is 2. The summed E-state index contributed by atoms with van der Waals surface area (Å²) in [5, 5.41) is 9.30. The number of halogens is 1. The molecule has 0 saturated carbocycles. The zero-order chi connectivity index (χ0) is 15.2. The molecule has 114 valence electrons. The maximum Gasteiger partial charge on any atom is 0.224 e. The Morgan fingerprint density at radius 2 is 2.14 bits per heavy atom. The Kier molecular flexibility index (Phi) is 5.59. The zero-order valence-electron chi connectivity index (χ0n) is 12.0. The molecule has 0 bridgehead atoms. The average Bonchev–Trinajstić information content (AvgIpc) is 2.92. The highest BCUT2D eigenvalue weighted by molar-refractivity contribution is 6.31. The third-order valence-corrected chi connectivity index (χ3v) is 3.74. The quantitative estimate of drug-likeness (QED) is 0.783. The molecule has 1 aromatic carbocycles. The normalized spacial score (nSPS) is 17.5. The minimum atomic E-state index is -0.190. The number of rotatable bonds is 5. The molecule has 1 aliphatic heterocycles. The van der Waals surface area contributed by atoms with Gasteiger partial charge in [-0.1, -0.05) is 11.6 Å². The molecule has 21 heavy (non-hydrogen) atoms. The van der Waals surface area contributed by atoms with Crippen molar-refractivity contribution >= 4 is 34.8 Å². The van der Waals surface area contributed by atoms with E-state index in [9.17, 15) is 9.59 Å². The van der Waals surface area contributed by atoms with Gasteiger partial charge in [0.25, 0.3) is 0 Å². The number of benzene rings is 1. The van der Waals surface area contributed by atoms with Crippen molar-refractivity contribution < 1.29 is 9.59 Å². The first-order valence-corrected chi connectivity index (χ1v) is 7.50. The summed E-state index contributed by atoms with van der Waals surface area (Å²) >= 11 is 5.95. The lowest BCUT2D eigenvalue weighted by molar-refractivity contribution is -0.116.